The van der Waals surface area contributed by atoms with Crippen molar-refractivity contribution < 1.29 is 0 Å². The summed E-state index contributed by atoms with van der Waals surface area (Å²) >= 11 is 0. The largest absolute Gasteiger partial charge is 0.346 e. The Labute approximate surface area is 125 Å². The summed E-state index contributed by atoms with van der Waals surface area (Å²) in [5.41, 5.74) is 5.21. The van der Waals surface area contributed by atoms with Gasteiger partial charge in [-0.05, 0) is 37.1 Å². The van der Waals surface area contributed by atoms with E-state index in [2.05, 4.69) is 66.1 Å². The molecule has 3 heteroatoms. The summed E-state index contributed by atoms with van der Waals surface area (Å²) in [7, 11) is 2.14. The molecule has 108 valence electrons. The van der Waals surface area contributed by atoms with Crippen LogP contribution in [0, 0.1) is 6.92 Å². The smallest absolute Gasteiger partial charge is 0.0483 e. The van der Waals surface area contributed by atoms with E-state index in [9.17, 15) is 0 Å². The quantitative estimate of drug-likeness (QED) is 0.788. The minimum Gasteiger partial charge on any atom is -0.346 e. The highest BCUT2D eigenvalue weighted by atomic mass is 15.0. The van der Waals surface area contributed by atoms with Gasteiger partial charge in [-0.15, -0.1) is 0 Å². The van der Waals surface area contributed by atoms with Gasteiger partial charge < -0.3 is 9.88 Å². The zero-order valence-corrected chi connectivity index (χ0v) is 12.8. The first-order chi connectivity index (χ1) is 10.2. The Hall–Kier alpha value is -2.13. The lowest BCUT2D eigenvalue weighted by Crippen LogP contribution is -2.20. The van der Waals surface area contributed by atoms with E-state index in [1.165, 1.54) is 27.7 Å². The fourth-order valence-electron chi connectivity index (χ4n) is 2.89. The van der Waals surface area contributed by atoms with Crippen LogP contribution in [0.4, 0.5) is 0 Å². The van der Waals surface area contributed by atoms with Crippen LogP contribution in [0.5, 0.6) is 0 Å². The minimum atomic E-state index is 0.288. The Bertz CT molecular complexity index is 705. The fourth-order valence-corrected chi connectivity index (χ4v) is 2.89. The maximum absolute atomic E-state index is 4.19. The Morgan fingerprint density at radius 1 is 1.19 bits per heavy atom. The third-order valence-electron chi connectivity index (χ3n) is 4.27. The Balaban J connectivity index is 1.83. The van der Waals surface area contributed by atoms with E-state index in [-0.39, 0.29) is 6.04 Å². The third-order valence-corrected chi connectivity index (χ3v) is 4.27. The van der Waals surface area contributed by atoms with E-state index < -0.39 is 0 Å². The maximum atomic E-state index is 4.19. The number of aryl methyl sites for hydroxylation is 2. The zero-order valence-electron chi connectivity index (χ0n) is 12.8. The van der Waals surface area contributed by atoms with Gasteiger partial charge in [0.05, 0.1) is 0 Å². The maximum Gasteiger partial charge on any atom is 0.0483 e. The molecule has 1 unspecified atom stereocenters. The predicted octanol–water partition coefficient (Wildman–Crippen LogP) is 3.73. The second kappa shape index (κ2) is 5.70. The predicted molar refractivity (Wildman–Crippen MR) is 87.1 cm³/mol. The highest BCUT2D eigenvalue weighted by molar-refractivity contribution is 5.85. The molecule has 0 radical (unpaired) electrons. The molecule has 1 atom stereocenters. The number of rotatable bonds is 4. The van der Waals surface area contributed by atoms with Crippen LogP contribution < -0.4 is 5.32 Å². The summed E-state index contributed by atoms with van der Waals surface area (Å²) < 4.78 is 2.29. The first kappa shape index (κ1) is 13.8. The van der Waals surface area contributed by atoms with E-state index in [1.54, 1.807) is 0 Å². The highest BCUT2D eigenvalue weighted by Gasteiger charge is 2.12. The van der Waals surface area contributed by atoms with Crippen molar-refractivity contribution in [1.29, 1.82) is 0 Å². The molecule has 3 nitrogen and oxygen atoms in total. The van der Waals surface area contributed by atoms with Crippen LogP contribution >= 0.6 is 0 Å². The van der Waals surface area contributed by atoms with E-state index in [0.29, 0.717) is 0 Å². The van der Waals surface area contributed by atoms with Crippen molar-refractivity contribution in [3.8, 4) is 0 Å². The molecule has 21 heavy (non-hydrogen) atoms. The molecule has 0 saturated carbocycles. The standard InChI is InChI=1S/C18H21N3/c1-13-16-8-4-5-9-17(16)21(3)18(13)12-20-14(2)15-7-6-10-19-11-15/h4-11,14,20H,12H2,1-3H3. The zero-order chi connectivity index (χ0) is 14.8. The van der Waals surface area contributed by atoms with Gasteiger partial charge in [0.25, 0.3) is 0 Å². The molecule has 0 aliphatic rings. The number of hydrogen-bond acceptors (Lipinski definition) is 2. The topological polar surface area (TPSA) is 29.9 Å². The molecule has 0 aliphatic carbocycles. The molecular weight excluding hydrogens is 258 g/mol. The van der Waals surface area contributed by atoms with Crippen LogP contribution in [0.3, 0.4) is 0 Å². The summed E-state index contributed by atoms with van der Waals surface area (Å²) in [5.74, 6) is 0. The molecule has 0 saturated heterocycles. The van der Waals surface area contributed by atoms with Crippen molar-refractivity contribution in [3.63, 3.8) is 0 Å². The third kappa shape index (κ3) is 2.57. The van der Waals surface area contributed by atoms with Gasteiger partial charge in [0, 0.05) is 48.6 Å². The Morgan fingerprint density at radius 2 is 2.00 bits per heavy atom. The van der Waals surface area contributed by atoms with Gasteiger partial charge in [-0.3, -0.25) is 4.98 Å². The molecule has 0 fully saturated rings. The molecule has 0 amide bonds. The van der Waals surface area contributed by atoms with Gasteiger partial charge in [-0.25, -0.2) is 0 Å². The second-order valence-corrected chi connectivity index (χ2v) is 5.54. The number of hydrogen-bond donors (Lipinski definition) is 1. The summed E-state index contributed by atoms with van der Waals surface area (Å²) in [6.45, 7) is 5.23. The molecule has 3 aromatic rings. The van der Waals surface area contributed by atoms with Gasteiger partial charge in [-0.1, -0.05) is 24.3 Å². The number of nitrogens with one attached hydrogen (secondary N) is 1. The molecule has 3 rings (SSSR count). The van der Waals surface area contributed by atoms with Crippen molar-refractivity contribution in [1.82, 2.24) is 14.9 Å². The van der Waals surface area contributed by atoms with Crippen LogP contribution in [0.15, 0.2) is 48.8 Å². The van der Waals surface area contributed by atoms with Gasteiger partial charge in [-0.2, -0.15) is 0 Å². The molecule has 0 spiro atoms. The number of aromatic nitrogens is 2. The Morgan fingerprint density at radius 3 is 2.71 bits per heavy atom. The molecule has 0 aliphatic heterocycles. The van der Waals surface area contributed by atoms with Gasteiger partial charge in [0.15, 0.2) is 0 Å². The van der Waals surface area contributed by atoms with Gasteiger partial charge in [0.1, 0.15) is 0 Å². The molecule has 2 heterocycles. The van der Waals surface area contributed by atoms with Crippen molar-refractivity contribution in [2.45, 2.75) is 26.4 Å². The highest BCUT2D eigenvalue weighted by Crippen LogP contribution is 2.24. The van der Waals surface area contributed by atoms with Crippen LogP contribution in [0.1, 0.15) is 29.8 Å². The fraction of sp³-hybridized carbons (Fsp3) is 0.278. The van der Waals surface area contributed by atoms with Crippen molar-refractivity contribution in [2.75, 3.05) is 0 Å². The van der Waals surface area contributed by atoms with Crippen LogP contribution in [0.2, 0.25) is 0 Å². The number of para-hydroxylation sites is 1. The second-order valence-electron chi connectivity index (χ2n) is 5.54. The van der Waals surface area contributed by atoms with Crippen molar-refractivity contribution in [3.05, 3.63) is 65.6 Å². The first-order valence-corrected chi connectivity index (χ1v) is 7.34. The molecule has 0 bridgehead atoms. The van der Waals surface area contributed by atoms with Gasteiger partial charge in [0.2, 0.25) is 0 Å². The minimum absolute atomic E-state index is 0.288. The van der Waals surface area contributed by atoms with E-state index in [0.717, 1.165) is 6.54 Å². The lowest BCUT2D eigenvalue weighted by Gasteiger charge is -2.15. The van der Waals surface area contributed by atoms with Crippen molar-refractivity contribution >= 4 is 10.9 Å². The van der Waals surface area contributed by atoms with E-state index >= 15 is 0 Å². The van der Waals surface area contributed by atoms with Gasteiger partial charge >= 0.3 is 0 Å². The summed E-state index contributed by atoms with van der Waals surface area (Å²) in [5, 5.41) is 4.94. The number of nitrogens with zero attached hydrogens (tertiary/aromatic N) is 2. The average Bonchev–Trinajstić information content (AvgIpc) is 2.78. The summed E-state index contributed by atoms with van der Waals surface area (Å²) in [6, 6.07) is 12.9. The van der Waals surface area contributed by atoms with Crippen LogP contribution in [0.25, 0.3) is 10.9 Å². The molecule has 1 aromatic carbocycles. The lowest BCUT2D eigenvalue weighted by molar-refractivity contribution is 0.556. The molecule has 2 aromatic heterocycles. The normalized spacial score (nSPS) is 12.7. The van der Waals surface area contributed by atoms with E-state index in [4.69, 9.17) is 0 Å². The average molecular weight is 279 g/mol. The molecular formula is C18H21N3. The SMILES string of the molecule is Cc1c(CNC(C)c2cccnc2)n(C)c2ccccc12. The van der Waals surface area contributed by atoms with E-state index in [1.807, 2.05) is 18.5 Å². The number of benzene rings is 1. The molecule has 1 N–H and O–H groups in total. The van der Waals surface area contributed by atoms with Crippen LogP contribution in [-0.4, -0.2) is 9.55 Å². The van der Waals surface area contributed by atoms with Crippen molar-refractivity contribution in [2.24, 2.45) is 7.05 Å². The van der Waals surface area contributed by atoms with Crippen LogP contribution in [-0.2, 0) is 13.6 Å². The lowest BCUT2D eigenvalue weighted by atomic mass is 10.1. The monoisotopic (exact) mass is 279 g/mol. The summed E-state index contributed by atoms with van der Waals surface area (Å²) in [6.07, 6.45) is 3.73. The number of pyridine rings is 1. The Kier molecular flexibility index (Phi) is 3.76. The number of fused-ring (bicyclic) bond motifs is 1. The first-order valence-electron chi connectivity index (χ1n) is 7.34. The summed E-state index contributed by atoms with van der Waals surface area (Å²) in [4.78, 5) is 4.19.